The molecule has 3 aromatic rings. The summed E-state index contributed by atoms with van der Waals surface area (Å²) in [6.45, 7) is 0.712. The van der Waals surface area contributed by atoms with Gasteiger partial charge in [0.15, 0.2) is 5.69 Å². The number of halogens is 1. The van der Waals surface area contributed by atoms with E-state index in [0.717, 1.165) is 41.8 Å². The number of benzene rings is 2. The van der Waals surface area contributed by atoms with Gasteiger partial charge in [-0.15, -0.1) is 6.42 Å². The maximum Gasteiger partial charge on any atom is 0.272 e. The number of nitrogens with zero attached hydrogens (tertiary/aromatic N) is 2. The maximum absolute atomic E-state index is 14.3. The molecule has 0 fully saturated rings. The molecular formula is C24H22FN3O2. The molecule has 1 aliphatic carbocycles. The Morgan fingerprint density at radius 1 is 1.20 bits per heavy atom. The molecule has 0 saturated heterocycles. The number of terminal acetylenes is 1. The molecule has 30 heavy (non-hydrogen) atoms. The van der Waals surface area contributed by atoms with Gasteiger partial charge in [0.2, 0.25) is 0 Å². The number of ether oxygens (including phenoxy) is 1. The summed E-state index contributed by atoms with van der Waals surface area (Å²) in [5.41, 5.74) is 3.69. The number of carbonyl (C=O) groups excluding carboxylic acids is 1. The van der Waals surface area contributed by atoms with Gasteiger partial charge >= 0.3 is 0 Å². The molecule has 0 unspecified atom stereocenters. The van der Waals surface area contributed by atoms with Gasteiger partial charge in [0.1, 0.15) is 23.9 Å². The van der Waals surface area contributed by atoms with Gasteiger partial charge in [-0.05, 0) is 55.5 Å². The van der Waals surface area contributed by atoms with Gasteiger partial charge in [-0.3, -0.25) is 4.79 Å². The number of rotatable bonds is 7. The molecule has 5 nitrogen and oxygen atoms in total. The minimum atomic E-state index is -0.351. The Bertz CT molecular complexity index is 1100. The van der Waals surface area contributed by atoms with Gasteiger partial charge in [0.25, 0.3) is 5.91 Å². The van der Waals surface area contributed by atoms with Crippen LogP contribution in [0.3, 0.4) is 0 Å². The molecule has 1 aliphatic rings. The van der Waals surface area contributed by atoms with Crippen molar-refractivity contribution in [3.63, 3.8) is 0 Å². The summed E-state index contributed by atoms with van der Waals surface area (Å²) in [7, 11) is 0. The second-order valence-electron chi connectivity index (χ2n) is 7.13. The molecule has 4 rings (SSSR count). The van der Waals surface area contributed by atoms with Crippen LogP contribution >= 0.6 is 0 Å². The smallest absolute Gasteiger partial charge is 0.272 e. The Kier molecular flexibility index (Phi) is 5.80. The summed E-state index contributed by atoms with van der Waals surface area (Å²) in [4.78, 5) is 12.8. The van der Waals surface area contributed by atoms with E-state index < -0.39 is 0 Å². The lowest BCUT2D eigenvalue weighted by Crippen LogP contribution is -2.27. The molecule has 0 radical (unpaired) electrons. The standard InChI is InChI=1S/C24H22FN3O2/c1-2-16-30-18-12-10-17(11-13-18)14-15-26-24(29)23-19-6-5-9-21(19)28(27-23)22-8-4-3-7-20(22)25/h1,3-4,7-8,10-13H,5-6,9,14-16H2,(H,26,29). The van der Waals surface area contributed by atoms with Crippen molar-refractivity contribution in [2.24, 2.45) is 0 Å². The Hall–Kier alpha value is -3.59. The molecule has 0 spiro atoms. The molecule has 2 aromatic carbocycles. The van der Waals surface area contributed by atoms with E-state index in [2.05, 4.69) is 16.3 Å². The Morgan fingerprint density at radius 2 is 2.00 bits per heavy atom. The zero-order valence-corrected chi connectivity index (χ0v) is 16.5. The minimum absolute atomic E-state index is 0.225. The zero-order chi connectivity index (χ0) is 20.9. The third-order valence-electron chi connectivity index (χ3n) is 5.17. The topological polar surface area (TPSA) is 56.1 Å². The van der Waals surface area contributed by atoms with Gasteiger partial charge in [-0.2, -0.15) is 5.10 Å². The van der Waals surface area contributed by atoms with Gasteiger partial charge in [-0.25, -0.2) is 9.07 Å². The molecule has 1 N–H and O–H groups in total. The normalized spacial score (nSPS) is 12.3. The molecule has 0 atom stereocenters. The van der Waals surface area contributed by atoms with Crippen molar-refractivity contribution in [3.8, 4) is 23.8 Å². The molecule has 0 saturated carbocycles. The second-order valence-corrected chi connectivity index (χ2v) is 7.13. The van der Waals surface area contributed by atoms with Crippen molar-refractivity contribution in [1.82, 2.24) is 15.1 Å². The van der Waals surface area contributed by atoms with Crippen LogP contribution in [0.5, 0.6) is 5.75 Å². The zero-order valence-electron chi connectivity index (χ0n) is 16.5. The van der Waals surface area contributed by atoms with Gasteiger partial charge < -0.3 is 10.1 Å². The van der Waals surface area contributed by atoms with Crippen LogP contribution in [0.4, 0.5) is 4.39 Å². The number of para-hydroxylation sites is 1. The first-order valence-electron chi connectivity index (χ1n) is 9.96. The Balaban J connectivity index is 1.43. The van der Waals surface area contributed by atoms with E-state index in [1.54, 1.807) is 22.9 Å². The summed E-state index contributed by atoms with van der Waals surface area (Å²) in [5, 5.41) is 7.40. The summed E-state index contributed by atoms with van der Waals surface area (Å²) >= 11 is 0. The predicted molar refractivity (Wildman–Crippen MR) is 112 cm³/mol. The highest BCUT2D eigenvalue weighted by molar-refractivity contribution is 5.94. The third-order valence-corrected chi connectivity index (χ3v) is 5.17. The van der Waals surface area contributed by atoms with Gasteiger partial charge in [0, 0.05) is 17.8 Å². The van der Waals surface area contributed by atoms with E-state index in [9.17, 15) is 9.18 Å². The summed E-state index contributed by atoms with van der Waals surface area (Å²) in [6, 6.07) is 14.1. The fraction of sp³-hybridized carbons (Fsp3) is 0.250. The van der Waals surface area contributed by atoms with Crippen molar-refractivity contribution in [3.05, 3.63) is 76.9 Å². The van der Waals surface area contributed by atoms with E-state index in [4.69, 9.17) is 11.2 Å². The van der Waals surface area contributed by atoms with Crippen molar-refractivity contribution in [2.45, 2.75) is 25.7 Å². The van der Waals surface area contributed by atoms with E-state index in [1.807, 2.05) is 24.3 Å². The second kappa shape index (κ2) is 8.83. The lowest BCUT2D eigenvalue weighted by molar-refractivity contribution is 0.0947. The monoisotopic (exact) mass is 403 g/mol. The first kappa shape index (κ1) is 19.7. The van der Waals surface area contributed by atoms with Crippen LogP contribution in [0.1, 0.15) is 33.7 Å². The van der Waals surface area contributed by atoms with E-state index in [0.29, 0.717) is 24.3 Å². The summed E-state index contributed by atoms with van der Waals surface area (Å²) < 4.78 is 21.2. The number of fused-ring (bicyclic) bond motifs is 1. The highest BCUT2D eigenvalue weighted by atomic mass is 19.1. The first-order chi connectivity index (χ1) is 14.7. The van der Waals surface area contributed by atoms with Crippen LogP contribution in [-0.2, 0) is 19.3 Å². The number of hydrogen-bond donors (Lipinski definition) is 1. The number of carbonyl (C=O) groups is 1. The average Bonchev–Trinajstić information content (AvgIpc) is 3.36. The van der Waals surface area contributed by atoms with Crippen LogP contribution in [0.15, 0.2) is 48.5 Å². The van der Waals surface area contributed by atoms with Crippen LogP contribution in [0, 0.1) is 18.2 Å². The third kappa shape index (κ3) is 4.06. The van der Waals surface area contributed by atoms with E-state index in [-0.39, 0.29) is 18.3 Å². The van der Waals surface area contributed by atoms with Crippen LogP contribution in [0.2, 0.25) is 0 Å². The summed E-state index contributed by atoms with van der Waals surface area (Å²) in [5.74, 6) is 2.57. The van der Waals surface area contributed by atoms with E-state index >= 15 is 0 Å². The van der Waals surface area contributed by atoms with E-state index in [1.165, 1.54) is 6.07 Å². The van der Waals surface area contributed by atoms with Crippen molar-refractivity contribution in [1.29, 1.82) is 0 Å². The minimum Gasteiger partial charge on any atom is -0.481 e. The SMILES string of the molecule is C#CCOc1ccc(CCNC(=O)c2nn(-c3ccccc3F)c3c2CCC3)cc1. The molecule has 1 aromatic heterocycles. The molecule has 1 amide bonds. The molecular weight excluding hydrogens is 381 g/mol. The van der Waals surface area contributed by atoms with Crippen molar-refractivity contribution >= 4 is 5.91 Å². The van der Waals surface area contributed by atoms with Crippen LogP contribution < -0.4 is 10.1 Å². The van der Waals surface area contributed by atoms with Crippen LogP contribution in [0.25, 0.3) is 5.69 Å². The fourth-order valence-corrected chi connectivity index (χ4v) is 3.72. The van der Waals surface area contributed by atoms with Crippen LogP contribution in [-0.4, -0.2) is 28.8 Å². The number of nitrogens with one attached hydrogen (secondary N) is 1. The molecule has 0 aliphatic heterocycles. The highest BCUT2D eigenvalue weighted by Gasteiger charge is 2.27. The number of hydrogen-bond acceptors (Lipinski definition) is 3. The largest absolute Gasteiger partial charge is 0.481 e. The first-order valence-corrected chi connectivity index (χ1v) is 9.96. The number of amides is 1. The quantitative estimate of drug-likeness (QED) is 0.615. The number of aromatic nitrogens is 2. The van der Waals surface area contributed by atoms with Gasteiger partial charge in [-0.1, -0.05) is 30.2 Å². The average molecular weight is 403 g/mol. The van der Waals surface area contributed by atoms with Crippen molar-refractivity contribution in [2.75, 3.05) is 13.2 Å². The molecule has 1 heterocycles. The molecule has 152 valence electrons. The lowest BCUT2D eigenvalue weighted by atomic mass is 10.1. The summed E-state index contributed by atoms with van der Waals surface area (Å²) in [6.07, 6.45) is 8.38. The Labute approximate surface area is 174 Å². The Morgan fingerprint density at radius 3 is 2.77 bits per heavy atom. The van der Waals surface area contributed by atoms with Crippen molar-refractivity contribution < 1.29 is 13.9 Å². The molecule has 0 bridgehead atoms. The molecule has 6 heteroatoms. The maximum atomic E-state index is 14.3. The predicted octanol–water partition coefficient (Wildman–Crippen LogP) is 3.48. The van der Waals surface area contributed by atoms with Gasteiger partial charge in [0.05, 0.1) is 0 Å². The highest BCUT2D eigenvalue weighted by Crippen LogP contribution is 2.28. The lowest BCUT2D eigenvalue weighted by Gasteiger charge is -2.07. The fourth-order valence-electron chi connectivity index (χ4n) is 3.72.